The maximum absolute atomic E-state index is 13.6. The van der Waals surface area contributed by atoms with Crippen molar-refractivity contribution in [1.82, 2.24) is 5.32 Å². The van der Waals surface area contributed by atoms with Crippen LogP contribution in [0.1, 0.15) is 5.56 Å². The molecule has 0 bridgehead atoms. The highest BCUT2D eigenvalue weighted by Crippen LogP contribution is 2.19. The van der Waals surface area contributed by atoms with Crippen LogP contribution in [0.15, 0.2) is 53.0 Å². The van der Waals surface area contributed by atoms with E-state index in [1.165, 1.54) is 6.07 Å². The van der Waals surface area contributed by atoms with Gasteiger partial charge in [0.2, 0.25) is 0 Å². The molecule has 0 saturated carbocycles. The van der Waals surface area contributed by atoms with Crippen LogP contribution in [0.3, 0.4) is 0 Å². The van der Waals surface area contributed by atoms with Gasteiger partial charge in [0.15, 0.2) is 5.11 Å². The molecular weight excluding hydrogens is 327 g/mol. The third-order valence-electron chi connectivity index (χ3n) is 2.48. The van der Waals surface area contributed by atoms with Gasteiger partial charge in [-0.3, -0.25) is 0 Å². The number of benzene rings is 2. The van der Waals surface area contributed by atoms with Crippen LogP contribution >= 0.6 is 28.1 Å². The first kappa shape index (κ1) is 14.0. The second kappa shape index (κ2) is 6.63. The Morgan fingerprint density at radius 2 is 1.89 bits per heavy atom. The zero-order valence-corrected chi connectivity index (χ0v) is 12.4. The summed E-state index contributed by atoms with van der Waals surface area (Å²) in [5.41, 5.74) is 1.47. The molecule has 0 amide bonds. The number of nitrogens with one attached hydrogen (secondary N) is 2. The average molecular weight is 339 g/mol. The van der Waals surface area contributed by atoms with E-state index < -0.39 is 0 Å². The quantitative estimate of drug-likeness (QED) is 0.824. The molecule has 98 valence electrons. The van der Waals surface area contributed by atoms with Crippen LogP contribution in [0.25, 0.3) is 0 Å². The molecule has 0 saturated heterocycles. The molecule has 0 unspecified atom stereocenters. The maximum atomic E-state index is 13.6. The van der Waals surface area contributed by atoms with E-state index in [1.807, 2.05) is 30.3 Å². The third-order valence-corrected chi connectivity index (χ3v) is 3.21. The minimum absolute atomic E-state index is 0.349. The van der Waals surface area contributed by atoms with Crippen LogP contribution in [-0.4, -0.2) is 5.11 Å². The van der Waals surface area contributed by atoms with Gasteiger partial charge >= 0.3 is 0 Å². The number of hydrogen-bond donors (Lipinski definition) is 2. The van der Waals surface area contributed by atoms with E-state index in [-0.39, 0.29) is 5.82 Å². The summed E-state index contributed by atoms with van der Waals surface area (Å²) in [7, 11) is 0. The predicted molar refractivity (Wildman–Crippen MR) is 83.6 cm³/mol. The topological polar surface area (TPSA) is 24.1 Å². The fourth-order valence-electron chi connectivity index (χ4n) is 1.54. The Morgan fingerprint density at radius 1 is 1.16 bits per heavy atom. The largest absolute Gasteiger partial charge is 0.358 e. The van der Waals surface area contributed by atoms with E-state index in [9.17, 15) is 4.39 Å². The van der Waals surface area contributed by atoms with Crippen LogP contribution in [0.4, 0.5) is 10.1 Å². The van der Waals surface area contributed by atoms with Crippen molar-refractivity contribution in [3.05, 3.63) is 64.4 Å². The van der Waals surface area contributed by atoms with Crippen LogP contribution in [-0.2, 0) is 6.54 Å². The van der Waals surface area contributed by atoms with E-state index >= 15 is 0 Å². The summed E-state index contributed by atoms with van der Waals surface area (Å²) in [5.74, 6) is -0.349. The van der Waals surface area contributed by atoms with E-state index in [2.05, 4.69) is 26.6 Å². The molecule has 2 aromatic rings. The first-order valence-electron chi connectivity index (χ1n) is 5.69. The van der Waals surface area contributed by atoms with Gasteiger partial charge in [0.05, 0.1) is 5.69 Å². The lowest BCUT2D eigenvalue weighted by molar-refractivity contribution is 0.631. The van der Waals surface area contributed by atoms with Crippen molar-refractivity contribution in [2.75, 3.05) is 5.32 Å². The van der Waals surface area contributed by atoms with E-state index in [4.69, 9.17) is 12.2 Å². The highest BCUT2D eigenvalue weighted by molar-refractivity contribution is 9.10. The maximum Gasteiger partial charge on any atom is 0.171 e. The molecule has 0 aromatic heterocycles. The van der Waals surface area contributed by atoms with Gasteiger partial charge in [-0.2, -0.15) is 0 Å². The summed E-state index contributed by atoms with van der Waals surface area (Å²) < 4.78 is 14.3. The summed E-state index contributed by atoms with van der Waals surface area (Å²) in [6.45, 7) is 0.602. The molecule has 0 aliphatic heterocycles. The van der Waals surface area contributed by atoms with E-state index in [0.29, 0.717) is 21.8 Å². The van der Waals surface area contributed by atoms with Crippen molar-refractivity contribution in [1.29, 1.82) is 0 Å². The predicted octanol–water partition coefficient (Wildman–Crippen LogP) is 4.07. The molecule has 2 rings (SSSR count). The zero-order chi connectivity index (χ0) is 13.7. The molecule has 0 atom stereocenters. The molecule has 0 radical (unpaired) electrons. The third kappa shape index (κ3) is 4.29. The first-order valence-corrected chi connectivity index (χ1v) is 6.89. The first-order chi connectivity index (χ1) is 9.15. The molecule has 0 spiro atoms. The Kier molecular flexibility index (Phi) is 4.87. The Bertz CT molecular complexity index is 575. The van der Waals surface area contributed by atoms with Crippen molar-refractivity contribution >= 4 is 38.9 Å². The van der Waals surface area contributed by atoms with Crippen molar-refractivity contribution in [3.63, 3.8) is 0 Å². The lowest BCUT2D eigenvalue weighted by Crippen LogP contribution is -2.28. The number of rotatable bonds is 3. The van der Waals surface area contributed by atoms with Crippen LogP contribution in [0, 0.1) is 5.82 Å². The SMILES string of the molecule is Fc1cc(Br)ccc1NC(=S)NCc1ccccc1. The monoisotopic (exact) mass is 338 g/mol. The summed E-state index contributed by atoms with van der Waals surface area (Å²) in [4.78, 5) is 0. The van der Waals surface area contributed by atoms with Crippen molar-refractivity contribution in [2.45, 2.75) is 6.54 Å². The molecule has 5 heteroatoms. The van der Waals surface area contributed by atoms with E-state index in [0.717, 1.165) is 5.56 Å². The molecular formula is C14H12BrFN2S. The molecule has 19 heavy (non-hydrogen) atoms. The second-order valence-corrected chi connectivity index (χ2v) is 5.24. The molecule has 0 heterocycles. The van der Waals surface area contributed by atoms with Gasteiger partial charge in [-0.05, 0) is 36.0 Å². The van der Waals surface area contributed by atoms with Gasteiger partial charge in [0, 0.05) is 11.0 Å². The van der Waals surface area contributed by atoms with Gasteiger partial charge in [0.1, 0.15) is 5.82 Å². The summed E-state index contributed by atoms with van der Waals surface area (Å²) in [5, 5.41) is 6.26. The van der Waals surface area contributed by atoms with Crippen LogP contribution in [0.2, 0.25) is 0 Å². The number of thiocarbonyl (C=S) groups is 1. The van der Waals surface area contributed by atoms with Gasteiger partial charge in [-0.1, -0.05) is 46.3 Å². The number of hydrogen-bond acceptors (Lipinski definition) is 1. The van der Waals surface area contributed by atoms with Gasteiger partial charge in [-0.15, -0.1) is 0 Å². The Morgan fingerprint density at radius 3 is 2.58 bits per heavy atom. The average Bonchev–Trinajstić information content (AvgIpc) is 2.41. The van der Waals surface area contributed by atoms with Crippen molar-refractivity contribution < 1.29 is 4.39 Å². The highest BCUT2D eigenvalue weighted by atomic mass is 79.9. The normalized spacial score (nSPS) is 10.0. The molecule has 0 aliphatic rings. The summed E-state index contributed by atoms with van der Waals surface area (Å²) in [6, 6.07) is 14.6. The second-order valence-electron chi connectivity index (χ2n) is 3.92. The Hall–Kier alpha value is -1.46. The van der Waals surface area contributed by atoms with Gasteiger partial charge in [-0.25, -0.2) is 4.39 Å². The number of halogens is 2. The lowest BCUT2D eigenvalue weighted by atomic mass is 10.2. The van der Waals surface area contributed by atoms with Crippen molar-refractivity contribution in [3.8, 4) is 0 Å². The smallest absolute Gasteiger partial charge is 0.171 e. The zero-order valence-electron chi connectivity index (χ0n) is 9.99. The molecule has 0 aliphatic carbocycles. The minimum atomic E-state index is -0.349. The molecule has 2 N–H and O–H groups in total. The van der Waals surface area contributed by atoms with Crippen molar-refractivity contribution in [2.24, 2.45) is 0 Å². The van der Waals surface area contributed by atoms with Crippen LogP contribution < -0.4 is 10.6 Å². The van der Waals surface area contributed by atoms with Crippen LogP contribution in [0.5, 0.6) is 0 Å². The standard InChI is InChI=1S/C14H12BrFN2S/c15-11-6-7-13(12(16)8-11)18-14(19)17-9-10-4-2-1-3-5-10/h1-8H,9H2,(H2,17,18,19). The number of anilines is 1. The molecule has 2 aromatic carbocycles. The minimum Gasteiger partial charge on any atom is -0.358 e. The van der Waals surface area contributed by atoms with Gasteiger partial charge in [0.25, 0.3) is 0 Å². The Balaban J connectivity index is 1.91. The summed E-state index contributed by atoms with van der Waals surface area (Å²) >= 11 is 8.33. The molecule has 2 nitrogen and oxygen atoms in total. The fourth-order valence-corrected chi connectivity index (χ4v) is 2.05. The molecule has 0 fully saturated rings. The van der Waals surface area contributed by atoms with E-state index in [1.54, 1.807) is 12.1 Å². The lowest BCUT2D eigenvalue weighted by Gasteiger charge is -2.11. The summed E-state index contributed by atoms with van der Waals surface area (Å²) in [6.07, 6.45) is 0. The van der Waals surface area contributed by atoms with Gasteiger partial charge < -0.3 is 10.6 Å². The fraction of sp³-hybridized carbons (Fsp3) is 0.0714. The Labute approximate surface area is 125 Å². The highest BCUT2D eigenvalue weighted by Gasteiger charge is 2.04.